The highest BCUT2D eigenvalue weighted by Gasteiger charge is 2.33. The van der Waals surface area contributed by atoms with E-state index < -0.39 is 17.8 Å². The summed E-state index contributed by atoms with van der Waals surface area (Å²) in [6, 6.07) is 8.58. The molecule has 1 atom stereocenters. The molecular weight excluding hydrogens is 429 g/mol. The van der Waals surface area contributed by atoms with Gasteiger partial charge in [0.2, 0.25) is 0 Å². The van der Waals surface area contributed by atoms with Gasteiger partial charge >= 0.3 is 0 Å². The van der Waals surface area contributed by atoms with E-state index >= 15 is 0 Å². The smallest absolute Gasteiger partial charge is 0.258 e. The number of hydrogen-bond acceptors (Lipinski definition) is 8. The molecule has 2 aliphatic heterocycles. The number of aliphatic hydroxyl groups excluding tert-OH is 1. The number of fused-ring (bicyclic) bond motifs is 2. The Hall–Kier alpha value is -2.60. The summed E-state index contributed by atoms with van der Waals surface area (Å²) < 4.78 is 21.0. The lowest BCUT2D eigenvalue weighted by atomic mass is 10.2. The van der Waals surface area contributed by atoms with Gasteiger partial charge in [0, 0.05) is 59.6 Å². The first-order valence-corrected chi connectivity index (χ1v) is 11.0. The lowest BCUT2D eigenvalue weighted by Gasteiger charge is -2.19. The molecule has 2 aromatic heterocycles. The van der Waals surface area contributed by atoms with Crippen molar-refractivity contribution in [3.8, 4) is 0 Å². The van der Waals surface area contributed by atoms with Crippen LogP contribution in [-0.2, 0) is 22.2 Å². The van der Waals surface area contributed by atoms with Gasteiger partial charge in [-0.1, -0.05) is 0 Å². The Labute approximate surface area is 179 Å². The minimum Gasteiger partial charge on any atom is -0.377 e. The number of rotatable bonds is 6. The minimum atomic E-state index is -1.64. The highest BCUT2D eigenvalue weighted by molar-refractivity contribution is 7.97. The van der Waals surface area contributed by atoms with E-state index in [4.69, 9.17) is 4.28 Å². The van der Waals surface area contributed by atoms with Gasteiger partial charge in [0.1, 0.15) is 11.5 Å². The maximum absolute atomic E-state index is 13.8. The van der Waals surface area contributed by atoms with Crippen LogP contribution in [0.1, 0.15) is 23.1 Å². The Kier molecular flexibility index (Phi) is 4.89. The van der Waals surface area contributed by atoms with E-state index in [0.29, 0.717) is 6.54 Å². The van der Waals surface area contributed by atoms with Gasteiger partial charge in [0.15, 0.2) is 6.10 Å². The molecule has 8 nitrogen and oxygen atoms in total. The quantitative estimate of drug-likeness (QED) is 0.458. The molecule has 1 N–H and O–H groups in total. The number of benzene rings is 1. The fourth-order valence-corrected chi connectivity index (χ4v) is 4.48. The van der Waals surface area contributed by atoms with E-state index in [2.05, 4.69) is 10.1 Å². The Balaban J connectivity index is 1.24. The molecule has 1 amide bonds. The molecule has 0 fully saturated rings. The van der Waals surface area contributed by atoms with E-state index in [-0.39, 0.29) is 12.2 Å². The van der Waals surface area contributed by atoms with Crippen molar-refractivity contribution in [2.24, 2.45) is 0 Å². The van der Waals surface area contributed by atoms with Gasteiger partial charge in [0.25, 0.3) is 5.91 Å². The molecule has 11 heteroatoms. The molecule has 3 aromatic rings. The Bertz CT molecular complexity index is 1120. The Morgan fingerprint density at radius 2 is 2.17 bits per heavy atom. The fraction of sp³-hybridized carbons (Fsp3) is 0.211. The average Bonchev–Trinajstić information content (AvgIpc) is 3.05. The predicted octanol–water partition coefficient (Wildman–Crippen LogP) is 3.21. The third-order valence-corrected chi connectivity index (χ3v) is 5.97. The van der Waals surface area contributed by atoms with Crippen molar-refractivity contribution in [2.75, 3.05) is 11.3 Å². The van der Waals surface area contributed by atoms with Crippen molar-refractivity contribution in [1.29, 1.82) is 0 Å². The molecule has 0 radical (unpaired) electrons. The molecule has 5 rings (SSSR count). The minimum absolute atomic E-state index is 0.257. The van der Waals surface area contributed by atoms with Crippen LogP contribution in [0.5, 0.6) is 0 Å². The Morgan fingerprint density at radius 3 is 2.93 bits per heavy atom. The number of halogens is 1. The number of carbonyl (C=O) groups is 1. The molecule has 0 saturated carbocycles. The van der Waals surface area contributed by atoms with Crippen LogP contribution >= 0.6 is 24.0 Å². The number of pyridine rings is 1. The number of aromatic nitrogens is 3. The van der Waals surface area contributed by atoms with E-state index in [1.165, 1.54) is 47.2 Å². The largest absolute Gasteiger partial charge is 0.377 e. The summed E-state index contributed by atoms with van der Waals surface area (Å²) in [6.45, 7) is 0.562. The monoisotopic (exact) mass is 445 g/mol. The van der Waals surface area contributed by atoms with Crippen molar-refractivity contribution in [3.63, 3.8) is 0 Å². The molecule has 4 heterocycles. The molecule has 2 aliphatic rings. The van der Waals surface area contributed by atoms with E-state index in [9.17, 15) is 14.3 Å². The van der Waals surface area contributed by atoms with Gasteiger partial charge in [-0.2, -0.15) is 9.38 Å². The van der Waals surface area contributed by atoms with Crippen LogP contribution in [0.25, 0.3) is 0 Å². The zero-order valence-corrected chi connectivity index (χ0v) is 17.4. The van der Waals surface area contributed by atoms with Crippen LogP contribution in [-0.4, -0.2) is 36.3 Å². The van der Waals surface area contributed by atoms with Crippen LogP contribution in [0.2, 0.25) is 0 Å². The molecule has 1 unspecified atom stereocenters. The van der Waals surface area contributed by atoms with Crippen molar-refractivity contribution in [3.05, 3.63) is 65.5 Å². The molecule has 1 aromatic carbocycles. The Morgan fingerprint density at radius 1 is 1.30 bits per heavy atom. The lowest BCUT2D eigenvalue weighted by Crippen LogP contribution is -2.32. The molecule has 0 saturated heterocycles. The van der Waals surface area contributed by atoms with Crippen LogP contribution in [0.15, 0.2) is 47.6 Å². The van der Waals surface area contributed by atoms with Gasteiger partial charge in [-0.05, 0) is 30.3 Å². The third-order valence-electron chi connectivity index (χ3n) is 4.83. The SMILES string of the molecule is CSON1c2ccc(Sn3cc4c(n3)CN(C(=O)C(O)c3ncccc3F)C4)cc21. The first-order valence-electron chi connectivity index (χ1n) is 9.03. The first kappa shape index (κ1) is 19.4. The maximum Gasteiger partial charge on any atom is 0.258 e. The summed E-state index contributed by atoms with van der Waals surface area (Å²) in [7, 11) is 0. The average molecular weight is 446 g/mol. The van der Waals surface area contributed by atoms with Crippen molar-refractivity contribution in [2.45, 2.75) is 24.1 Å². The third kappa shape index (κ3) is 3.43. The fourth-order valence-electron chi connectivity index (χ4n) is 3.34. The van der Waals surface area contributed by atoms with Gasteiger partial charge < -0.3 is 10.0 Å². The molecule has 0 spiro atoms. The molecule has 0 bridgehead atoms. The van der Waals surface area contributed by atoms with Gasteiger partial charge in [-0.15, -0.1) is 0 Å². The number of anilines is 2. The second-order valence-corrected chi connectivity index (χ2v) is 8.26. The van der Waals surface area contributed by atoms with Gasteiger partial charge in [-0.25, -0.2) is 13.5 Å². The number of nitrogens with zero attached hydrogens (tertiary/aromatic N) is 5. The van der Waals surface area contributed by atoms with Crippen molar-refractivity contribution < 1.29 is 18.6 Å². The molecular formula is C19H16FN5O3S2. The first-order chi connectivity index (χ1) is 14.5. The standard InChI is InChI=1S/C19H16FN5O3S2/c1-29-28-25-15-5-4-12(7-16(15)25)30-24-9-11-8-23(10-14(11)22-24)19(27)18(26)17-13(20)3-2-6-21-17/h2-7,9,18,26H,8,10H2,1H3. The summed E-state index contributed by atoms with van der Waals surface area (Å²) in [5.41, 5.74) is 3.46. The van der Waals surface area contributed by atoms with E-state index in [1.54, 1.807) is 9.15 Å². The second kappa shape index (κ2) is 7.58. The zero-order valence-electron chi connectivity index (χ0n) is 15.7. The number of carbonyl (C=O) groups excluding carboxylic acids is 1. The van der Waals surface area contributed by atoms with Crippen LogP contribution in [0.4, 0.5) is 15.8 Å². The summed E-state index contributed by atoms with van der Waals surface area (Å²) in [6.07, 6.45) is 3.43. The molecule has 30 heavy (non-hydrogen) atoms. The van der Waals surface area contributed by atoms with Crippen LogP contribution in [0.3, 0.4) is 0 Å². The lowest BCUT2D eigenvalue weighted by molar-refractivity contribution is -0.141. The van der Waals surface area contributed by atoms with Gasteiger partial charge in [0.05, 0.1) is 23.6 Å². The molecule has 154 valence electrons. The highest BCUT2D eigenvalue weighted by Crippen LogP contribution is 2.50. The maximum atomic E-state index is 13.8. The van der Waals surface area contributed by atoms with Gasteiger partial charge in [-0.3, -0.25) is 9.78 Å². The highest BCUT2D eigenvalue weighted by atomic mass is 32.2. The molecule has 0 aliphatic carbocycles. The summed E-state index contributed by atoms with van der Waals surface area (Å²) in [5.74, 6) is -1.30. The number of hydrogen-bond donors (Lipinski definition) is 1. The second-order valence-electron chi connectivity index (χ2n) is 6.75. The zero-order chi connectivity index (χ0) is 20.8. The van der Waals surface area contributed by atoms with Crippen LogP contribution < -0.4 is 5.06 Å². The van der Waals surface area contributed by atoms with Crippen LogP contribution in [0, 0.1) is 5.82 Å². The summed E-state index contributed by atoms with van der Waals surface area (Å²) in [4.78, 5) is 18.8. The number of aliphatic hydroxyl groups is 1. The van der Waals surface area contributed by atoms with E-state index in [0.717, 1.165) is 27.5 Å². The predicted molar refractivity (Wildman–Crippen MR) is 110 cm³/mol. The van der Waals surface area contributed by atoms with Crippen molar-refractivity contribution in [1.82, 2.24) is 19.1 Å². The van der Waals surface area contributed by atoms with Crippen molar-refractivity contribution >= 4 is 41.3 Å². The number of amides is 1. The van der Waals surface area contributed by atoms with E-state index in [1.807, 2.05) is 30.7 Å². The topological polar surface area (TPSA) is 83.5 Å². The normalized spacial score (nSPS) is 15.2. The summed E-state index contributed by atoms with van der Waals surface area (Å²) in [5, 5.41) is 16.5. The summed E-state index contributed by atoms with van der Waals surface area (Å²) >= 11 is 2.74.